The second kappa shape index (κ2) is 6.69. The minimum absolute atomic E-state index is 0.0444. The molecule has 0 radical (unpaired) electrons. The van der Waals surface area contributed by atoms with Crippen LogP contribution < -0.4 is 10.2 Å². The molecule has 1 aliphatic heterocycles. The van der Waals surface area contributed by atoms with E-state index in [9.17, 15) is 4.79 Å². The summed E-state index contributed by atoms with van der Waals surface area (Å²) < 4.78 is 0. The second-order valence-corrected chi connectivity index (χ2v) is 6.96. The molecule has 116 valence electrons. The van der Waals surface area contributed by atoms with Crippen LogP contribution in [-0.2, 0) is 4.79 Å². The number of halogens is 1. The number of alkyl halides is 1. The first kappa shape index (κ1) is 16.2. The van der Waals surface area contributed by atoms with Gasteiger partial charge in [-0.05, 0) is 56.9 Å². The quantitative estimate of drug-likeness (QED) is 0.848. The van der Waals surface area contributed by atoms with Crippen molar-refractivity contribution in [3.8, 4) is 0 Å². The Balaban J connectivity index is 1.98. The van der Waals surface area contributed by atoms with Crippen LogP contribution in [0.25, 0.3) is 0 Å². The lowest BCUT2D eigenvalue weighted by Gasteiger charge is -2.32. The zero-order valence-corrected chi connectivity index (χ0v) is 13.9. The van der Waals surface area contributed by atoms with E-state index in [-0.39, 0.29) is 5.91 Å². The predicted molar refractivity (Wildman–Crippen MR) is 90.2 cm³/mol. The molecule has 0 aromatic heterocycles. The Bertz CT molecular complexity index is 476. The van der Waals surface area contributed by atoms with Crippen molar-refractivity contribution in [3.05, 3.63) is 24.3 Å². The fraction of sp³-hybridized carbons (Fsp3) is 0.588. The molecule has 1 N–H and O–H groups in total. The summed E-state index contributed by atoms with van der Waals surface area (Å²) in [6, 6.07) is 8.10. The third kappa shape index (κ3) is 4.13. The number of benzene rings is 1. The molecule has 0 atom stereocenters. The molecule has 3 nitrogen and oxygen atoms in total. The van der Waals surface area contributed by atoms with Gasteiger partial charge in [0.1, 0.15) is 0 Å². The van der Waals surface area contributed by atoms with Gasteiger partial charge in [0, 0.05) is 30.3 Å². The van der Waals surface area contributed by atoms with Crippen LogP contribution in [0.4, 0.5) is 11.4 Å². The maximum Gasteiger partial charge on any atom is 0.231 e. The van der Waals surface area contributed by atoms with E-state index in [1.54, 1.807) is 0 Å². The summed E-state index contributed by atoms with van der Waals surface area (Å²) in [5, 5.41) is 2.93. The third-order valence-corrected chi connectivity index (χ3v) is 4.89. The van der Waals surface area contributed by atoms with Gasteiger partial charge in [0.05, 0.1) is 5.41 Å². The Morgan fingerprint density at radius 1 is 1.29 bits per heavy atom. The molecule has 1 amide bonds. The van der Waals surface area contributed by atoms with Gasteiger partial charge in [-0.15, -0.1) is 11.6 Å². The number of hydrogen-bond acceptors (Lipinski definition) is 2. The first-order valence-electron chi connectivity index (χ1n) is 7.65. The van der Waals surface area contributed by atoms with Crippen molar-refractivity contribution in [1.29, 1.82) is 0 Å². The van der Waals surface area contributed by atoms with Gasteiger partial charge in [0.2, 0.25) is 5.91 Å². The number of carbonyl (C=O) groups is 1. The molecule has 1 aromatic rings. The normalized spacial score (nSPS) is 16.9. The van der Waals surface area contributed by atoms with Crippen molar-refractivity contribution in [2.45, 2.75) is 33.6 Å². The molecule has 1 heterocycles. The van der Waals surface area contributed by atoms with Crippen molar-refractivity contribution in [3.63, 3.8) is 0 Å². The highest BCUT2D eigenvalue weighted by atomic mass is 35.5. The fourth-order valence-corrected chi connectivity index (χ4v) is 2.50. The molecule has 0 bridgehead atoms. The number of anilines is 2. The largest absolute Gasteiger partial charge is 0.372 e. The van der Waals surface area contributed by atoms with E-state index in [2.05, 4.69) is 29.3 Å². The second-order valence-electron chi connectivity index (χ2n) is 6.69. The summed E-state index contributed by atoms with van der Waals surface area (Å²) in [6.07, 6.45) is 2.50. The lowest BCUT2D eigenvalue weighted by atomic mass is 9.95. The van der Waals surface area contributed by atoms with Crippen LogP contribution in [0.3, 0.4) is 0 Å². The Morgan fingerprint density at radius 2 is 1.86 bits per heavy atom. The average Bonchev–Trinajstić information content (AvgIpc) is 2.49. The van der Waals surface area contributed by atoms with Crippen molar-refractivity contribution in [2.75, 3.05) is 29.2 Å². The Hall–Kier alpha value is -1.22. The summed E-state index contributed by atoms with van der Waals surface area (Å²) in [4.78, 5) is 14.5. The minimum atomic E-state index is -0.552. The summed E-state index contributed by atoms with van der Waals surface area (Å²) in [6.45, 7) is 8.24. The fourth-order valence-electron chi connectivity index (χ4n) is 2.38. The summed E-state index contributed by atoms with van der Waals surface area (Å²) in [5.74, 6) is 1.10. The highest BCUT2D eigenvalue weighted by Gasteiger charge is 2.26. The number of nitrogens with zero attached hydrogens (tertiary/aromatic N) is 1. The molecule has 0 saturated carbocycles. The zero-order valence-electron chi connectivity index (χ0n) is 13.2. The zero-order chi connectivity index (χ0) is 15.5. The molecular weight excluding hydrogens is 284 g/mol. The van der Waals surface area contributed by atoms with Crippen LogP contribution >= 0.6 is 11.6 Å². The third-order valence-electron chi connectivity index (χ3n) is 4.22. The van der Waals surface area contributed by atoms with Crippen LogP contribution in [0.2, 0.25) is 0 Å². The summed E-state index contributed by atoms with van der Waals surface area (Å²) >= 11 is 5.83. The number of amides is 1. The molecule has 1 fully saturated rings. The van der Waals surface area contributed by atoms with E-state index in [4.69, 9.17) is 11.6 Å². The molecule has 2 rings (SSSR count). The van der Waals surface area contributed by atoms with Crippen molar-refractivity contribution in [2.24, 2.45) is 11.3 Å². The Labute approximate surface area is 132 Å². The highest BCUT2D eigenvalue weighted by Crippen LogP contribution is 2.25. The number of carbonyl (C=O) groups excluding carboxylic acids is 1. The highest BCUT2D eigenvalue weighted by molar-refractivity contribution is 6.20. The molecule has 1 aromatic carbocycles. The predicted octanol–water partition coefficient (Wildman–Crippen LogP) is 4.13. The van der Waals surface area contributed by atoms with Gasteiger partial charge in [-0.2, -0.15) is 0 Å². The smallest absolute Gasteiger partial charge is 0.231 e. The van der Waals surface area contributed by atoms with Gasteiger partial charge < -0.3 is 10.2 Å². The number of nitrogens with one attached hydrogen (secondary N) is 1. The number of hydrogen-bond donors (Lipinski definition) is 1. The lowest BCUT2D eigenvalue weighted by molar-refractivity contribution is -0.122. The van der Waals surface area contributed by atoms with E-state index in [0.29, 0.717) is 5.88 Å². The Morgan fingerprint density at radius 3 is 2.38 bits per heavy atom. The Kier molecular flexibility index (Phi) is 5.15. The van der Waals surface area contributed by atoms with E-state index in [1.807, 2.05) is 26.0 Å². The molecule has 0 unspecified atom stereocenters. The minimum Gasteiger partial charge on any atom is -0.372 e. The van der Waals surface area contributed by atoms with Gasteiger partial charge in [-0.1, -0.05) is 6.92 Å². The molecule has 0 aliphatic carbocycles. The van der Waals surface area contributed by atoms with Gasteiger partial charge in [-0.3, -0.25) is 4.79 Å². The van der Waals surface area contributed by atoms with Crippen molar-refractivity contribution in [1.82, 2.24) is 0 Å². The van der Waals surface area contributed by atoms with Crippen LogP contribution in [0, 0.1) is 11.3 Å². The monoisotopic (exact) mass is 308 g/mol. The van der Waals surface area contributed by atoms with Gasteiger partial charge in [0.15, 0.2) is 0 Å². The molecule has 1 aliphatic rings. The van der Waals surface area contributed by atoms with Gasteiger partial charge >= 0.3 is 0 Å². The maximum atomic E-state index is 12.1. The first-order chi connectivity index (χ1) is 9.92. The van der Waals surface area contributed by atoms with Crippen molar-refractivity contribution < 1.29 is 4.79 Å². The van der Waals surface area contributed by atoms with Gasteiger partial charge in [0.25, 0.3) is 0 Å². The van der Waals surface area contributed by atoms with Crippen LogP contribution in [0.5, 0.6) is 0 Å². The molecule has 4 heteroatoms. The summed E-state index contributed by atoms with van der Waals surface area (Å²) in [7, 11) is 0. The number of piperidine rings is 1. The average molecular weight is 309 g/mol. The van der Waals surface area contributed by atoms with Crippen LogP contribution in [0.1, 0.15) is 33.6 Å². The summed E-state index contributed by atoms with van der Waals surface area (Å²) in [5.41, 5.74) is 1.51. The number of rotatable bonds is 4. The van der Waals surface area contributed by atoms with E-state index < -0.39 is 5.41 Å². The van der Waals surface area contributed by atoms with Crippen LogP contribution in [-0.4, -0.2) is 24.9 Å². The molecular formula is C17H25ClN2O. The molecule has 0 spiro atoms. The molecule has 21 heavy (non-hydrogen) atoms. The first-order valence-corrected chi connectivity index (χ1v) is 8.18. The van der Waals surface area contributed by atoms with E-state index in [1.165, 1.54) is 18.5 Å². The maximum absolute atomic E-state index is 12.1. The SMILES string of the molecule is CC1CCN(c2ccc(NC(=O)C(C)(C)CCl)cc2)CC1. The lowest BCUT2D eigenvalue weighted by Crippen LogP contribution is -2.33. The standard InChI is InChI=1S/C17H25ClN2O/c1-13-8-10-20(11-9-13)15-6-4-14(5-7-15)19-16(21)17(2,3)12-18/h4-7,13H,8-12H2,1-3H3,(H,19,21). The van der Waals surface area contributed by atoms with E-state index in [0.717, 1.165) is 24.7 Å². The topological polar surface area (TPSA) is 32.3 Å². The van der Waals surface area contributed by atoms with Crippen LogP contribution in [0.15, 0.2) is 24.3 Å². The van der Waals surface area contributed by atoms with Gasteiger partial charge in [-0.25, -0.2) is 0 Å². The van der Waals surface area contributed by atoms with Crippen molar-refractivity contribution >= 4 is 28.9 Å². The van der Waals surface area contributed by atoms with E-state index >= 15 is 0 Å². The molecule has 1 saturated heterocycles.